The van der Waals surface area contributed by atoms with Gasteiger partial charge in [-0.1, -0.05) is 140 Å². The molecule has 0 bridgehead atoms. The Morgan fingerprint density at radius 3 is 1.89 bits per heavy atom. The first-order valence-electron chi connectivity index (χ1n) is 17.9. The molecular formula is C48H28N4O. The molecular weight excluding hydrogens is 649 g/mol. The van der Waals surface area contributed by atoms with Gasteiger partial charge in [-0.05, 0) is 46.5 Å². The Bertz CT molecular complexity index is 3460. The number of aromatic nitrogens is 4. The van der Waals surface area contributed by atoms with Crippen LogP contribution >= 0.6 is 0 Å². The maximum Gasteiger partial charge on any atom is 0.238 e. The van der Waals surface area contributed by atoms with Crippen LogP contribution in [-0.2, 0) is 0 Å². The van der Waals surface area contributed by atoms with E-state index in [-0.39, 0.29) is 0 Å². The fraction of sp³-hybridized carbons (Fsp3) is 0. The topological polar surface area (TPSA) is 48.8 Å². The van der Waals surface area contributed by atoms with Gasteiger partial charge in [-0.2, -0.15) is 4.98 Å². The van der Waals surface area contributed by atoms with Crippen molar-refractivity contribution in [1.29, 1.82) is 0 Å². The summed E-state index contributed by atoms with van der Waals surface area (Å²) < 4.78 is 11.2. The van der Waals surface area contributed by atoms with Gasteiger partial charge in [0.15, 0.2) is 0 Å². The van der Waals surface area contributed by atoms with Crippen molar-refractivity contribution in [3.63, 3.8) is 0 Å². The molecule has 0 radical (unpaired) electrons. The van der Waals surface area contributed by atoms with Crippen LogP contribution in [0.3, 0.4) is 0 Å². The predicted octanol–water partition coefficient (Wildman–Crippen LogP) is 12.5. The largest absolute Gasteiger partial charge is 0.437 e. The second kappa shape index (κ2) is 10.6. The van der Waals surface area contributed by atoms with Gasteiger partial charge in [0, 0.05) is 37.9 Å². The molecule has 0 unspecified atom stereocenters. The Kier molecular flexibility index (Phi) is 5.71. The summed E-state index contributed by atoms with van der Waals surface area (Å²) in [4.78, 5) is 10.6. The average molecular weight is 677 g/mol. The molecule has 4 aromatic heterocycles. The van der Waals surface area contributed by atoms with Gasteiger partial charge in [-0.15, -0.1) is 0 Å². The molecule has 0 atom stereocenters. The number of fused-ring (bicyclic) bond motifs is 13. The van der Waals surface area contributed by atoms with Crippen LogP contribution in [0.25, 0.3) is 110 Å². The summed E-state index contributed by atoms with van der Waals surface area (Å²) in [5, 5.41) is 11.5. The van der Waals surface area contributed by atoms with Crippen molar-refractivity contribution in [2.45, 2.75) is 0 Å². The zero-order valence-electron chi connectivity index (χ0n) is 28.4. The Balaban J connectivity index is 1.25. The lowest BCUT2D eigenvalue weighted by atomic mass is 10.00. The zero-order valence-corrected chi connectivity index (χ0v) is 28.4. The van der Waals surface area contributed by atoms with Crippen molar-refractivity contribution in [3.8, 4) is 22.9 Å². The van der Waals surface area contributed by atoms with E-state index < -0.39 is 0 Å². The highest BCUT2D eigenvalue weighted by atomic mass is 16.3. The van der Waals surface area contributed by atoms with Crippen LogP contribution in [0.15, 0.2) is 174 Å². The molecule has 0 N–H and O–H groups in total. The molecule has 0 aliphatic rings. The van der Waals surface area contributed by atoms with Gasteiger partial charge in [0.1, 0.15) is 5.58 Å². The number of hydrogen-bond acceptors (Lipinski definition) is 3. The molecule has 53 heavy (non-hydrogen) atoms. The smallest absolute Gasteiger partial charge is 0.238 e. The molecule has 0 aliphatic carbocycles. The van der Waals surface area contributed by atoms with E-state index >= 15 is 0 Å². The minimum atomic E-state index is 0.568. The van der Waals surface area contributed by atoms with E-state index in [1.165, 1.54) is 37.8 Å². The van der Waals surface area contributed by atoms with Crippen molar-refractivity contribution in [2.75, 3.05) is 0 Å². The lowest BCUT2D eigenvalue weighted by Crippen LogP contribution is -2.03. The standard InChI is InChI=1S/C48H28N4O/c1-2-14-29(15-3-1)45-44-37-22-10-13-25-42(37)53-47(44)50-48(49-45)52-39-24-12-9-21-36(39)43-40(52)27-26-35-34-20-8-11-23-38(34)51(46(35)43)41-28-30-16-4-5-17-31(30)32-18-6-7-19-33(32)41/h1-28H. The van der Waals surface area contributed by atoms with Gasteiger partial charge in [-0.3, -0.25) is 4.57 Å². The summed E-state index contributed by atoms with van der Waals surface area (Å²) in [7, 11) is 0. The molecule has 5 nitrogen and oxygen atoms in total. The molecule has 0 saturated carbocycles. The van der Waals surface area contributed by atoms with E-state index in [2.05, 4.69) is 155 Å². The first-order valence-corrected chi connectivity index (χ1v) is 17.9. The van der Waals surface area contributed by atoms with Crippen molar-refractivity contribution < 1.29 is 4.42 Å². The van der Waals surface area contributed by atoms with E-state index in [0.717, 1.165) is 60.6 Å². The molecule has 12 aromatic rings. The fourth-order valence-electron chi connectivity index (χ4n) is 8.71. The molecule has 0 spiro atoms. The first kappa shape index (κ1) is 28.5. The molecule has 12 rings (SSSR count). The van der Waals surface area contributed by atoms with Crippen molar-refractivity contribution in [1.82, 2.24) is 19.1 Å². The number of benzene rings is 8. The highest BCUT2D eigenvalue weighted by Crippen LogP contribution is 2.44. The van der Waals surface area contributed by atoms with E-state index in [9.17, 15) is 0 Å². The van der Waals surface area contributed by atoms with Crippen LogP contribution < -0.4 is 0 Å². The minimum Gasteiger partial charge on any atom is -0.437 e. The Hall–Kier alpha value is -7.24. The van der Waals surface area contributed by atoms with Crippen molar-refractivity contribution >= 4 is 87.2 Å². The van der Waals surface area contributed by atoms with Crippen LogP contribution in [0.1, 0.15) is 0 Å². The van der Waals surface area contributed by atoms with E-state index in [4.69, 9.17) is 14.4 Å². The summed E-state index contributed by atoms with van der Waals surface area (Å²) in [5.41, 5.74) is 8.76. The lowest BCUT2D eigenvalue weighted by molar-refractivity contribution is 0.651. The van der Waals surface area contributed by atoms with Crippen LogP contribution in [0.2, 0.25) is 0 Å². The third-order valence-corrected chi connectivity index (χ3v) is 10.9. The third kappa shape index (κ3) is 3.91. The quantitative estimate of drug-likeness (QED) is 0.175. The molecule has 5 heteroatoms. The molecule has 8 aromatic carbocycles. The van der Waals surface area contributed by atoms with Gasteiger partial charge < -0.3 is 8.98 Å². The normalized spacial score (nSPS) is 12.2. The Labute approximate surface area is 302 Å². The fourth-order valence-corrected chi connectivity index (χ4v) is 8.71. The molecule has 0 amide bonds. The van der Waals surface area contributed by atoms with Crippen molar-refractivity contribution in [2.24, 2.45) is 0 Å². The van der Waals surface area contributed by atoms with Gasteiger partial charge in [0.25, 0.3) is 0 Å². The lowest BCUT2D eigenvalue weighted by Gasteiger charge is -2.15. The van der Waals surface area contributed by atoms with Crippen LogP contribution in [-0.4, -0.2) is 19.1 Å². The SMILES string of the molecule is c1ccc(-c2nc(-n3c4ccccc4c4c3ccc3c5ccccc5n(-c5cc6ccccc6c6ccccc56)c34)nc3oc4ccccc4c23)cc1. The van der Waals surface area contributed by atoms with E-state index in [1.807, 2.05) is 24.3 Å². The Morgan fingerprint density at radius 1 is 0.415 bits per heavy atom. The second-order valence-electron chi connectivity index (χ2n) is 13.7. The highest BCUT2D eigenvalue weighted by molar-refractivity contribution is 6.27. The monoisotopic (exact) mass is 676 g/mol. The predicted molar refractivity (Wildman–Crippen MR) is 218 cm³/mol. The summed E-state index contributed by atoms with van der Waals surface area (Å²) in [6.07, 6.45) is 0. The number of hydrogen-bond donors (Lipinski definition) is 0. The Morgan fingerprint density at radius 2 is 1.06 bits per heavy atom. The minimum absolute atomic E-state index is 0.568. The summed E-state index contributed by atoms with van der Waals surface area (Å²) >= 11 is 0. The maximum atomic E-state index is 6.47. The third-order valence-electron chi connectivity index (χ3n) is 10.9. The number of rotatable bonds is 3. The van der Waals surface area contributed by atoms with Crippen LogP contribution in [0.4, 0.5) is 0 Å². The highest BCUT2D eigenvalue weighted by Gasteiger charge is 2.24. The van der Waals surface area contributed by atoms with E-state index in [0.29, 0.717) is 11.7 Å². The average Bonchev–Trinajstić information content (AvgIpc) is 3.88. The number of para-hydroxylation sites is 3. The summed E-state index contributed by atoms with van der Waals surface area (Å²) in [6.45, 7) is 0. The molecule has 0 aliphatic heterocycles. The van der Waals surface area contributed by atoms with Crippen LogP contribution in [0.5, 0.6) is 0 Å². The molecule has 0 saturated heterocycles. The second-order valence-corrected chi connectivity index (χ2v) is 13.7. The number of furan rings is 1. The van der Waals surface area contributed by atoms with Crippen LogP contribution in [0, 0.1) is 0 Å². The molecule has 246 valence electrons. The van der Waals surface area contributed by atoms with E-state index in [1.54, 1.807) is 0 Å². The number of nitrogens with zero attached hydrogens (tertiary/aromatic N) is 4. The van der Waals surface area contributed by atoms with Gasteiger partial charge >= 0.3 is 0 Å². The van der Waals surface area contributed by atoms with Crippen molar-refractivity contribution in [3.05, 3.63) is 170 Å². The maximum absolute atomic E-state index is 6.47. The van der Waals surface area contributed by atoms with Gasteiger partial charge in [0.05, 0.1) is 38.8 Å². The zero-order chi connectivity index (χ0) is 34.6. The van der Waals surface area contributed by atoms with Gasteiger partial charge in [0.2, 0.25) is 11.7 Å². The first-order chi connectivity index (χ1) is 26.3. The van der Waals surface area contributed by atoms with Gasteiger partial charge in [-0.25, -0.2) is 4.98 Å². The molecule has 0 fully saturated rings. The summed E-state index contributed by atoms with van der Waals surface area (Å²) in [5.74, 6) is 0.569. The summed E-state index contributed by atoms with van der Waals surface area (Å²) in [6, 6.07) is 60.2. The molecule has 4 heterocycles.